The van der Waals surface area contributed by atoms with Crippen molar-refractivity contribution in [1.82, 2.24) is 15.0 Å². The lowest BCUT2D eigenvalue weighted by Gasteiger charge is -2.05. The Morgan fingerprint density at radius 1 is 1.18 bits per heavy atom. The molecule has 0 aromatic carbocycles. The molecule has 0 spiro atoms. The average molecular weight is 297 g/mol. The van der Waals surface area contributed by atoms with Crippen molar-refractivity contribution < 1.29 is 4.79 Å². The van der Waals surface area contributed by atoms with Gasteiger partial charge in [-0.2, -0.15) is 0 Å². The molecule has 0 aliphatic heterocycles. The van der Waals surface area contributed by atoms with Crippen molar-refractivity contribution in [1.29, 1.82) is 0 Å². The Labute approximate surface area is 132 Å². The number of rotatable bonds is 8. The Morgan fingerprint density at radius 3 is 2.77 bits per heavy atom. The van der Waals surface area contributed by atoms with Crippen molar-refractivity contribution >= 4 is 5.78 Å². The summed E-state index contributed by atoms with van der Waals surface area (Å²) in [6.45, 7) is 4.42. The maximum Gasteiger partial charge on any atom is 0.140 e. The summed E-state index contributed by atoms with van der Waals surface area (Å²) in [5.74, 6) is 1.51. The molecule has 0 bridgehead atoms. The summed E-state index contributed by atoms with van der Waals surface area (Å²) in [7, 11) is 0. The molecule has 0 fully saturated rings. The van der Waals surface area contributed by atoms with Gasteiger partial charge in [0.2, 0.25) is 0 Å². The molecule has 0 amide bonds. The number of nitrogens with zero attached hydrogens (tertiary/aromatic N) is 3. The van der Waals surface area contributed by atoms with Crippen LogP contribution in [0.5, 0.6) is 0 Å². The van der Waals surface area contributed by atoms with Crippen LogP contribution in [0.4, 0.5) is 0 Å². The topological polar surface area (TPSA) is 55.7 Å². The Morgan fingerprint density at radius 2 is 2.05 bits per heavy atom. The fraction of sp³-hybridized carbons (Fsp3) is 0.444. The van der Waals surface area contributed by atoms with E-state index in [0.717, 1.165) is 24.1 Å². The van der Waals surface area contributed by atoms with Gasteiger partial charge in [-0.25, -0.2) is 9.97 Å². The fourth-order valence-electron chi connectivity index (χ4n) is 2.30. The molecule has 22 heavy (non-hydrogen) atoms. The molecular formula is C18H23N3O. The second-order valence-corrected chi connectivity index (χ2v) is 5.95. The highest BCUT2D eigenvalue weighted by atomic mass is 16.1. The number of unbranched alkanes of at least 4 members (excludes halogenated alkanes) is 1. The molecule has 0 atom stereocenters. The van der Waals surface area contributed by atoms with Gasteiger partial charge >= 0.3 is 0 Å². The smallest absolute Gasteiger partial charge is 0.140 e. The van der Waals surface area contributed by atoms with Gasteiger partial charge in [-0.15, -0.1) is 0 Å². The molecule has 0 N–H and O–H groups in total. The molecule has 4 nitrogen and oxygen atoms in total. The number of Topliss-reactive ketones (excluding diaryl/α,β-unsaturated/α-hetero) is 1. The van der Waals surface area contributed by atoms with Crippen LogP contribution in [0.1, 0.15) is 45.4 Å². The normalized spacial score (nSPS) is 10.9. The summed E-state index contributed by atoms with van der Waals surface area (Å²) in [4.78, 5) is 24.8. The van der Waals surface area contributed by atoms with E-state index in [0.29, 0.717) is 24.6 Å². The zero-order valence-electron chi connectivity index (χ0n) is 13.3. The fourth-order valence-corrected chi connectivity index (χ4v) is 2.30. The third-order valence-electron chi connectivity index (χ3n) is 3.51. The van der Waals surface area contributed by atoms with Crippen LogP contribution in [0.15, 0.2) is 36.8 Å². The number of carbonyl (C=O) groups excluding carboxylic acids is 1. The lowest BCUT2D eigenvalue weighted by Crippen LogP contribution is -2.07. The summed E-state index contributed by atoms with van der Waals surface area (Å²) in [5, 5.41) is 0. The molecule has 0 aliphatic rings. The van der Waals surface area contributed by atoms with Crippen molar-refractivity contribution in [2.24, 2.45) is 5.92 Å². The SMILES string of the molecule is CC(C)CCCCC(=O)Cc1nccc(-c2cccnc2)n1. The first kappa shape index (κ1) is 16.3. The quantitative estimate of drug-likeness (QED) is 0.694. The van der Waals surface area contributed by atoms with Crippen LogP contribution in [0.25, 0.3) is 11.3 Å². The number of carbonyl (C=O) groups is 1. The van der Waals surface area contributed by atoms with Crippen LogP contribution >= 0.6 is 0 Å². The van der Waals surface area contributed by atoms with Gasteiger partial charge in [0.1, 0.15) is 11.6 Å². The molecule has 2 aromatic rings. The summed E-state index contributed by atoms with van der Waals surface area (Å²) >= 11 is 0. The Kier molecular flexibility index (Phi) is 6.19. The molecule has 0 aliphatic carbocycles. The maximum atomic E-state index is 12.0. The van der Waals surface area contributed by atoms with Gasteiger partial charge in [0.25, 0.3) is 0 Å². The Bertz CT molecular complexity index is 596. The second-order valence-electron chi connectivity index (χ2n) is 5.95. The van der Waals surface area contributed by atoms with Crippen LogP contribution in [-0.4, -0.2) is 20.7 Å². The standard InChI is InChI=1S/C18H23N3O/c1-14(2)6-3-4-8-16(22)12-18-20-11-9-17(21-18)15-7-5-10-19-13-15/h5,7,9-11,13-14H,3-4,6,8,12H2,1-2H3. The zero-order chi connectivity index (χ0) is 15.8. The van der Waals surface area contributed by atoms with E-state index in [1.54, 1.807) is 18.6 Å². The average Bonchev–Trinajstić information content (AvgIpc) is 2.52. The highest BCUT2D eigenvalue weighted by Crippen LogP contribution is 2.15. The van der Waals surface area contributed by atoms with Crippen molar-refractivity contribution in [3.05, 3.63) is 42.6 Å². The molecule has 0 saturated heterocycles. The minimum Gasteiger partial charge on any atom is -0.299 e. The molecule has 2 heterocycles. The summed E-state index contributed by atoms with van der Waals surface area (Å²) in [5.41, 5.74) is 1.75. The molecule has 4 heteroatoms. The lowest BCUT2D eigenvalue weighted by atomic mass is 10.0. The third kappa shape index (κ3) is 5.35. The number of hydrogen-bond donors (Lipinski definition) is 0. The molecule has 2 aromatic heterocycles. The summed E-state index contributed by atoms with van der Waals surface area (Å²) < 4.78 is 0. The van der Waals surface area contributed by atoms with Gasteiger partial charge in [0.15, 0.2) is 0 Å². The van der Waals surface area contributed by atoms with Crippen LogP contribution in [0.3, 0.4) is 0 Å². The van der Waals surface area contributed by atoms with E-state index in [4.69, 9.17) is 0 Å². The Hall–Kier alpha value is -2.10. The Balaban J connectivity index is 1.89. The zero-order valence-corrected chi connectivity index (χ0v) is 13.3. The van der Waals surface area contributed by atoms with Gasteiger partial charge in [-0.1, -0.05) is 26.7 Å². The van der Waals surface area contributed by atoms with E-state index >= 15 is 0 Å². The first-order chi connectivity index (χ1) is 10.6. The van der Waals surface area contributed by atoms with Gasteiger partial charge in [0.05, 0.1) is 12.1 Å². The second kappa shape index (κ2) is 8.37. The molecular weight excluding hydrogens is 274 g/mol. The van der Waals surface area contributed by atoms with Crippen molar-refractivity contribution in [3.63, 3.8) is 0 Å². The van der Waals surface area contributed by atoms with Gasteiger partial charge in [-0.05, 0) is 30.5 Å². The molecule has 0 radical (unpaired) electrons. The van der Waals surface area contributed by atoms with Crippen molar-refractivity contribution in [2.75, 3.05) is 0 Å². The first-order valence-corrected chi connectivity index (χ1v) is 7.89. The van der Waals surface area contributed by atoms with E-state index in [1.807, 2.05) is 18.2 Å². The third-order valence-corrected chi connectivity index (χ3v) is 3.51. The van der Waals surface area contributed by atoms with Gasteiger partial charge in [-0.3, -0.25) is 9.78 Å². The molecule has 0 saturated carbocycles. The number of hydrogen-bond acceptors (Lipinski definition) is 4. The minimum atomic E-state index is 0.215. The van der Waals surface area contributed by atoms with Crippen molar-refractivity contribution in [2.45, 2.75) is 46.0 Å². The van der Waals surface area contributed by atoms with Crippen LogP contribution in [-0.2, 0) is 11.2 Å². The van der Waals surface area contributed by atoms with Gasteiger partial charge < -0.3 is 0 Å². The number of aromatic nitrogens is 3. The first-order valence-electron chi connectivity index (χ1n) is 7.89. The molecule has 0 unspecified atom stereocenters. The highest BCUT2D eigenvalue weighted by molar-refractivity contribution is 5.80. The summed E-state index contributed by atoms with van der Waals surface area (Å²) in [6, 6.07) is 5.66. The van der Waals surface area contributed by atoms with Crippen LogP contribution in [0.2, 0.25) is 0 Å². The van der Waals surface area contributed by atoms with E-state index in [1.165, 1.54) is 6.42 Å². The van der Waals surface area contributed by atoms with E-state index in [9.17, 15) is 4.79 Å². The predicted molar refractivity (Wildman–Crippen MR) is 87.3 cm³/mol. The minimum absolute atomic E-state index is 0.215. The predicted octanol–water partition coefficient (Wildman–Crippen LogP) is 3.87. The highest BCUT2D eigenvalue weighted by Gasteiger charge is 2.08. The largest absolute Gasteiger partial charge is 0.299 e. The molecule has 116 valence electrons. The van der Waals surface area contributed by atoms with E-state index in [2.05, 4.69) is 28.8 Å². The lowest BCUT2D eigenvalue weighted by molar-refractivity contribution is -0.118. The van der Waals surface area contributed by atoms with Crippen molar-refractivity contribution in [3.8, 4) is 11.3 Å². The number of ketones is 1. The molecule has 2 rings (SSSR count). The monoisotopic (exact) mass is 297 g/mol. The number of pyridine rings is 1. The van der Waals surface area contributed by atoms with E-state index in [-0.39, 0.29) is 5.78 Å². The van der Waals surface area contributed by atoms with E-state index < -0.39 is 0 Å². The maximum absolute atomic E-state index is 12.0. The van der Waals surface area contributed by atoms with Gasteiger partial charge in [0, 0.05) is 30.6 Å². The summed E-state index contributed by atoms with van der Waals surface area (Å²) in [6.07, 6.45) is 9.38. The van der Waals surface area contributed by atoms with Crippen LogP contribution < -0.4 is 0 Å². The van der Waals surface area contributed by atoms with Crippen LogP contribution in [0, 0.1) is 5.92 Å².